The van der Waals surface area contributed by atoms with E-state index in [0.717, 1.165) is 18.4 Å². The van der Waals surface area contributed by atoms with E-state index in [4.69, 9.17) is 9.78 Å². The van der Waals surface area contributed by atoms with Gasteiger partial charge in [0.1, 0.15) is 11.2 Å². The maximum absolute atomic E-state index is 5.34. The summed E-state index contributed by atoms with van der Waals surface area (Å²) in [4.78, 5) is 10.6. The van der Waals surface area contributed by atoms with Crippen molar-refractivity contribution in [3.63, 3.8) is 0 Å². The lowest BCUT2D eigenvalue weighted by molar-refractivity contribution is -0.414. The number of hydrogen-bond donors (Lipinski definition) is 0. The first-order valence-electron chi connectivity index (χ1n) is 4.30. The highest BCUT2D eigenvalue weighted by atomic mass is 17.2. The molecule has 2 bridgehead atoms. The molecule has 1 saturated heterocycles. The van der Waals surface area contributed by atoms with Gasteiger partial charge < -0.3 is 0 Å². The Morgan fingerprint density at radius 3 is 2.42 bits per heavy atom. The molecule has 0 unspecified atom stereocenters. The highest BCUT2D eigenvalue weighted by molar-refractivity contribution is 5.27. The summed E-state index contributed by atoms with van der Waals surface area (Å²) < 4.78 is 0. The monoisotopic (exact) mass is 166 g/mol. The van der Waals surface area contributed by atoms with Gasteiger partial charge in [0.2, 0.25) is 0 Å². The number of fused-ring (bicyclic) bond motifs is 2. The third-order valence-corrected chi connectivity index (χ3v) is 2.80. The van der Waals surface area contributed by atoms with Crippen molar-refractivity contribution in [3.8, 4) is 0 Å². The average Bonchev–Trinajstić information content (AvgIpc) is 2.06. The predicted molar refractivity (Wildman–Crippen MR) is 46.5 cm³/mol. The van der Waals surface area contributed by atoms with Gasteiger partial charge in [-0.2, -0.15) is 0 Å². The van der Waals surface area contributed by atoms with E-state index in [1.54, 1.807) is 0 Å². The van der Waals surface area contributed by atoms with E-state index in [1.165, 1.54) is 0 Å². The third kappa shape index (κ3) is 0.952. The van der Waals surface area contributed by atoms with Crippen molar-refractivity contribution >= 4 is 0 Å². The van der Waals surface area contributed by atoms with E-state index in [1.807, 2.05) is 13.8 Å². The lowest BCUT2D eigenvalue weighted by atomic mass is 9.79. The molecule has 0 saturated carbocycles. The molecule has 66 valence electrons. The van der Waals surface area contributed by atoms with Crippen molar-refractivity contribution in [2.24, 2.45) is 0 Å². The smallest absolute Gasteiger partial charge is 0.142 e. The van der Waals surface area contributed by atoms with Crippen LogP contribution in [0.3, 0.4) is 0 Å². The molecular formula is C10H14O2. The molecule has 2 heterocycles. The molecule has 0 aromatic rings. The van der Waals surface area contributed by atoms with E-state index in [-0.39, 0.29) is 11.2 Å². The molecule has 3 aliphatic rings. The van der Waals surface area contributed by atoms with Gasteiger partial charge in [-0.1, -0.05) is 12.7 Å². The van der Waals surface area contributed by atoms with Crippen LogP contribution in [0.15, 0.2) is 24.3 Å². The lowest BCUT2D eigenvalue weighted by Gasteiger charge is -2.45. The molecule has 0 aromatic heterocycles. The topological polar surface area (TPSA) is 18.5 Å². The van der Waals surface area contributed by atoms with Crippen molar-refractivity contribution in [1.29, 1.82) is 0 Å². The molecule has 2 aliphatic heterocycles. The third-order valence-electron chi connectivity index (χ3n) is 2.80. The van der Waals surface area contributed by atoms with Gasteiger partial charge in [-0.05, 0) is 38.3 Å². The Hall–Kier alpha value is -0.600. The van der Waals surface area contributed by atoms with Crippen molar-refractivity contribution in [3.05, 3.63) is 24.3 Å². The molecule has 0 radical (unpaired) electrons. The Morgan fingerprint density at radius 1 is 1.33 bits per heavy atom. The molecule has 1 fully saturated rings. The number of hydrogen-bond acceptors (Lipinski definition) is 2. The Morgan fingerprint density at radius 2 is 2.08 bits per heavy atom. The largest absolute Gasteiger partial charge is 0.225 e. The Labute approximate surface area is 72.8 Å². The highest BCUT2D eigenvalue weighted by Crippen LogP contribution is 2.43. The van der Waals surface area contributed by atoms with Crippen LogP contribution < -0.4 is 0 Å². The Bertz CT molecular complexity index is 245. The van der Waals surface area contributed by atoms with E-state index in [0.29, 0.717) is 0 Å². The van der Waals surface area contributed by atoms with E-state index >= 15 is 0 Å². The maximum Gasteiger partial charge on any atom is 0.142 e. The number of rotatable bonds is 1. The zero-order valence-electron chi connectivity index (χ0n) is 7.59. The van der Waals surface area contributed by atoms with Gasteiger partial charge >= 0.3 is 0 Å². The summed E-state index contributed by atoms with van der Waals surface area (Å²) in [6, 6.07) is 0. The minimum atomic E-state index is -0.336. The normalized spacial score (nSPS) is 44.8. The van der Waals surface area contributed by atoms with Gasteiger partial charge in [-0.25, -0.2) is 9.78 Å². The second-order valence-corrected chi connectivity index (χ2v) is 3.98. The van der Waals surface area contributed by atoms with Gasteiger partial charge in [0, 0.05) is 0 Å². The summed E-state index contributed by atoms with van der Waals surface area (Å²) in [7, 11) is 0. The quantitative estimate of drug-likeness (QED) is 0.440. The van der Waals surface area contributed by atoms with Gasteiger partial charge in [0.05, 0.1) is 0 Å². The Balaban J connectivity index is 2.34. The van der Waals surface area contributed by atoms with Crippen LogP contribution in [0.4, 0.5) is 0 Å². The fourth-order valence-electron chi connectivity index (χ4n) is 1.65. The van der Waals surface area contributed by atoms with E-state index < -0.39 is 0 Å². The summed E-state index contributed by atoms with van der Waals surface area (Å²) in [5, 5.41) is 0. The molecule has 2 atom stereocenters. The molecule has 0 amide bonds. The SMILES string of the molecule is C=C(C)[C@@]12C=C[C@@](C)(CC1)OO2. The van der Waals surface area contributed by atoms with Gasteiger partial charge in [0.25, 0.3) is 0 Å². The molecule has 0 N–H and O–H groups in total. The zero-order chi connectivity index (χ0) is 8.82. The van der Waals surface area contributed by atoms with Crippen molar-refractivity contribution in [2.45, 2.75) is 37.9 Å². The fourth-order valence-corrected chi connectivity index (χ4v) is 1.65. The van der Waals surface area contributed by atoms with Crippen molar-refractivity contribution in [2.75, 3.05) is 0 Å². The average molecular weight is 166 g/mol. The minimum absolute atomic E-state index is 0.197. The first kappa shape index (κ1) is 8.02. The lowest BCUT2D eigenvalue weighted by Crippen LogP contribution is -2.48. The first-order chi connectivity index (χ1) is 5.56. The summed E-state index contributed by atoms with van der Waals surface area (Å²) in [5.74, 6) is 0. The van der Waals surface area contributed by atoms with Crippen LogP contribution in [-0.2, 0) is 9.78 Å². The van der Waals surface area contributed by atoms with Crippen molar-refractivity contribution in [1.82, 2.24) is 0 Å². The van der Waals surface area contributed by atoms with Crippen LogP contribution in [0.25, 0.3) is 0 Å². The second-order valence-electron chi connectivity index (χ2n) is 3.98. The standard InChI is InChI=1S/C10H14O2/c1-8(2)10-6-4-9(3,5-7-10)11-12-10/h4,6H,1,5,7H2,2-3H3/t9-,10+/m0/s1. The maximum atomic E-state index is 5.34. The van der Waals surface area contributed by atoms with Crippen LogP contribution in [0, 0.1) is 0 Å². The first-order valence-corrected chi connectivity index (χ1v) is 4.30. The van der Waals surface area contributed by atoms with Crippen LogP contribution in [-0.4, -0.2) is 11.2 Å². The van der Waals surface area contributed by atoms with Crippen LogP contribution in [0.1, 0.15) is 26.7 Å². The fraction of sp³-hybridized carbons (Fsp3) is 0.600. The van der Waals surface area contributed by atoms with Gasteiger partial charge in [0.15, 0.2) is 0 Å². The predicted octanol–water partition coefficient (Wildman–Crippen LogP) is 2.37. The van der Waals surface area contributed by atoms with Crippen LogP contribution in [0.5, 0.6) is 0 Å². The molecule has 3 rings (SSSR count). The summed E-state index contributed by atoms with van der Waals surface area (Å²) in [6.45, 7) is 7.92. The molecule has 1 aliphatic carbocycles. The molecule has 2 nitrogen and oxygen atoms in total. The van der Waals surface area contributed by atoms with Crippen LogP contribution >= 0.6 is 0 Å². The van der Waals surface area contributed by atoms with Crippen LogP contribution in [0.2, 0.25) is 0 Å². The van der Waals surface area contributed by atoms with Gasteiger partial charge in [-0.15, -0.1) is 0 Å². The Kier molecular flexibility index (Phi) is 1.48. The van der Waals surface area contributed by atoms with E-state index in [9.17, 15) is 0 Å². The van der Waals surface area contributed by atoms with Crippen molar-refractivity contribution < 1.29 is 9.78 Å². The second kappa shape index (κ2) is 2.21. The summed E-state index contributed by atoms with van der Waals surface area (Å²) in [6.07, 6.45) is 6.14. The highest BCUT2D eigenvalue weighted by Gasteiger charge is 2.45. The molecule has 12 heavy (non-hydrogen) atoms. The molecular weight excluding hydrogens is 152 g/mol. The molecule has 0 spiro atoms. The van der Waals surface area contributed by atoms with Gasteiger partial charge in [-0.3, -0.25) is 0 Å². The minimum Gasteiger partial charge on any atom is -0.225 e. The zero-order valence-corrected chi connectivity index (χ0v) is 7.59. The summed E-state index contributed by atoms with van der Waals surface area (Å²) >= 11 is 0. The van der Waals surface area contributed by atoms with E-state index in [2.05, 4.69) is 18.7 Å². The molecule has 2 heteroatoms. The molecule has 0 aromatic carbocycles. The summed E-state index contributed by atoms with van der Waals surface area (Å²) in [5.41, 5.74) is 0.482.